The summed E-state index contributed by atoms with van der Waals surface area (Å²) in [7, 11) is -2.91. The van der Waals surface area contributed by atoms with Gasteiger partial charge in [-0.2, -0.15) is 17.5 Å². The Morgan fingerprint density at radius 3 is 2.75 bits per heavy atom. The lowest BCUT2D eigenvalue weighted by molar-refractivity contribution is -0.141. The van der Waals surface area contributed by atoms with E-state index in [-0.39, 0.29) is 18.7 Å². The Labute approximate surface area is 137 Å². The second-order valence-corrected chi connectivity index (χ2v) is 7.88. The number of nitrogens with two attached hydrogens (primary N) is 1. The van der Waals surface area contributed by atoms with Gasteiger partial charge in [0.1, 0.15) is 18.4 Å². The molecule has 1 saturated heterocycles. The first kappa shape index (κ1) is 18.5. The van der Waals surface area contributed by atoms with Crippen molar-refractivity contribution in [2.45, 2.75) is 24.5 Å². The molecule has 1 aromatic heterocycles. The number of oxime groups is 1. The van der Waals surface area contributed by atoms with Crippen molar-refractivity contribution in [3.63, 3.8) is 0 Å². The van der Waals surface area contributed by atoms with E-state index in [0.29, 0.717) is 12.2 Å². The molecule has 2 heterocycles. The Bertz CT molecular complexity index is 723. The van der Waals surface area contributed by atoms with Gasteiger partial charge in [0.05, 0.1) is 21.6 Å². The minimum absolute atomic E-state index is 0.00956. The number of hydrogen-bond donors (Lipinski definition) is 1. The number of hydrogen-bond acceptors (Lipinski definition) is 5. The molecule has 2 rings (SSSR count). The Balaban J connectivity index is 2.11. The number of nitrogens with zero attached hydrogens (tertiary/aromatic N) is 3. The van der Waals surface area contributed by atoms with Gasteiger partial charge in [0.2, 0.25) is 0 Å². The molecule has 3 atom stereocenters. The zero-order valence-electron chi connectivity index (χ0n) is 13.0. The largest absolute Gasteiger partial charge is 0.433 e. The Hall–Kier alpha value is -1.88. The standard InChI is InChI=1S/C13H17F3N4O3S/c1-8(9-3-4-11(18-5-9)13(14,15)16)24(2,21)20-12(17)19-23-7-10-6-22-10/h3-5,8,10H,6-7H2,1-2H3,(H2,17,19). The van der Waals surface area contributed by atoms with Crippen LogP contribution in [0.3, 0.4) is 0 Å². The van der Waals surface area contributed by atoms with Crippen LogP contribution in [0.5, 0.6) is 0 Å². The van der Waals surface area contributed by atoms with Gasteiger partial charge >= 0.3 is 6.18 Å². The fourth-order valence-corrected chi connectivity index (χ4v) is 2.91. The maximum atomic E-state index is 12.6. The van der Waals surface area contributed by atoms with Crippen molar-refractivity contribution in [1.29, 1.82) is 0 Å². The van der Waals surface area contributed by atoms with Crippen molar-refractivity contribution in [2.24, 2.45) is 15.3 Å². The first-order valence-corrected chi connectivity index (χ1v) is 8.89. The molecule has 1 aromatic rings. The third kappa shape index (κ3) is 5.06. The summed E-state index contributed by atoms with van der Waals surface area (Å²) in [5.41, 5.74) is 4.87. The highest BCUT2D eigenvalue weighted by Gasteiger charge is 2.32. The van der Waals surface area contributed by atoms with E-state index in [2.05, 4.69) is 14.5 Å². The molecule has 1 aliphatic heterocycles. The third-order valence-corrected chi connectivity index (χ3v) is 5.43. The lowest BCUT2D eigenvalue weighted by Crippen LogP contribution is -2.17. The maximum absolute atomic E-state index is 12.6. The van der Waals surface area contributed by atoms with Crippen molar-refractivity contribution < 1.29 is 27.0 Å². The van der Waals surface area contributed by atoms with Crippen molar-refractivity contribution in [3.8, 4) is 0 Å². The molecule has 0 amide bonds. The second-order valence-electron chi connectivity index (χ2n) is 5.27. The second kappa shape index (κ2) is 6.93. The lowest BCUT2D eigenvalue weighted by atomic mass is 10.2. The minimum atomic E-state index is -4.53. The molecule has 0 bridgehead atoms. The molecule has 0 radical (unpaired) electrons. The normalized spacial score (nSPS) is 21.7. The Morgan fingerprint density at radius 2 is 2.25 bits per heavy atom. The van der Waals surface area contributed by atoms with Gasteiger partial charge in [-0.05, 0) is 23.7 Å². The van der Waals surface area contributed by atoms with Crippen molar-refractivity contribution in [3.05, 3.63) is 29.6 Å². The molecule has 2 N–H and O–H groups in total. The SMILES string of the molecule is CC(c1ccc(C(F)(F)F)nc1)S(C)(=O)=N/C(N)=N/OCC1CO1. The topological polar surface area (TPSA) is 102 Å². The number of pyridine rings is 1. The molecule has 134 valence electrons. The number of ether oxygens (including phenoxy) is 1. The average Bonchev–Trinajstić information content (AvgIpc) is 3.29. The predicted octanol–water partition coefficient (Wildman–Crippen LogP) is 1.90. The van der Waals surface area contributed by atoms with Crippen LogP contribution in [0.25, 0.3) is 0 Å². The molecule has 3 unspecified atom stereocenters. The number of halogens is 3. The van der Waals surface area contributed by atoms with E-state index >= 15 is 0 Å². The maximum Gasteiger partial charge on any atom is 0.433 e. The summed E-state index contributed by atoms with van der Waals surface area (Å²) in [6.07, 6.45) is -2.17. The van der Waals surface area contributed by atoms with Crippen LogP contribution in [-0.4, -0.2) is 40.7 Å². The minimum Gasteiger partial charge on any atom is -0.390 e. The quantitative estimate of drug-likeness (QED) is 0.371. The van der Waals surface area contributed by atoms with E-state index in [0.717, 1.165) is 12.3 Å². The van der Waals surface area contributed by atoms with E-state index in [1.165, 1.54) is 12.3 Å². The van der Waals surface area contributed by atoms with Crippen LogP contribution in [-0.2, 0) is 25.5 Å². The van der Waals surface area contributed by atoms with Gasteiger partial charge in [0.25, 0.3) is 5.96 Å². The summed E-state index contributed by atoms with van der Waals surface area (Å²) in [6, 6.07) is 2.05. The van der Waals surface area contributed by atoms with Gasteiger partial charge in [0, 0.05) is 12.5 Å². The number of epoxide rings is 1. The Kier molecular flexibility index (Phi) is 5.33. The highest BCUT2D eigenvalue weighted by atomic mass is 32.2. The molecule has 7 nitrogen and oxygen atoms in total. The van der Waals surface area contributed by atoms with Crippen LogP contribution in [0.15, 0.2) is 27.8 Å². The highest BCUT2D eigenvalue weighted by Crippen LogP contribution is 2.29. The summed E-state index contributed by atoms with van der Waals surface area (Å²) in [5, 5.41) is 2.82. The first-order chi connectivity index (χ1) is 11.1. The molecule has 11 heteroatoms. The number of guanidine groups is 1. The molecule has 0 spiro atoms. The fourth-order valence-electron chi connectivity index (χ4n) is 1.70. The van der Waals surface area contributed by atoms with Gasteiger partial charge in [-0.3, -0.25) is 4.98 Å². The number of aromatic nitrogens is 1. The van der Waals surface area contributed by atoms with Crippen molar-refractivity contribution in [2.75, 3.05) is 19.5 Å². The summed E-state index contributed by atoms with van der Waals surface area (Å²) in [5.74, 6) is -0.310. The molecule has 24 heavy (non-hydrogen) atoms. The van der Waals surface area contributed by atoms with E-state index in [1.54, 1.807) is 6.92 Å². The molecular weight excluding hydrogens is 349 g/mol. The van der Waals surface area contributed by atoms with Crippen LogP contribution in [0, 0.1) is 0 Å². The van der Waals surface area contributed by atoms with Crippen molar-refractivity contribution in [1.82, 2.24) is 4.98 Å². The molecule has 0 aromatic carbocycles. The Morgan fingerprint density at radius 1 is 1.58 bits per heavy atom. The van der Waals surface area contributed by atoms with E-state index < -0.39 is 26.8 Å². The lowest BCUT2D eigenvalue weighted by Gasteiger charge is -2.14. The smallest absolute Gasteiger partial charge is 0.390 e. The molecular formula is C13H17F3N4O3S. The molecule has 0 aliphatic carbocycles. The van der Waals surface area contributed by atoms with Gasteiger partial charge in [-0.1, -0.05) is 6.07 Å². The summed E-state index contributed by atoms with van der Waals surface area (Å²) in [4.78, 5) is 8.23. The summed E-state index contributed by atoms with van der Waals surface area (Å²) < 4.78 is 58.9. The van der Waals surface area contributed by atoms with Crippen LogP contribution in [0.4, 0.5) is 13.2 Å². The number of rotatable bonds is 5. The zero-order valence-corrected chi connectivity index (χ0v) is 13.8. The van der Waals surface area contributed by atoms with Gasteiger partial charge in [0.15, 0.2) is 0 Å². The number of alkyl halides is 3. The molecule has 1 fully saturated rings. The van der Waals surface area contributed by atoms with Gasteiger partial charge in [-0.25, -0.2) is 4.21 Å². The third-order valence-electron chi connectivity index (χ3n) is 3.30. The van der Waals surface area contributed by atoms with E-state index in [1.807, 2.05) is 0 Å². The van der Waals surface area contributed by atoms with Gasteiger partial charge < -0.3 is 15.3 Å². The monoisotopic (exact) mass is 366 g/mol. The first-order valence-electron chi connectivity index (χ1n) is 6.91. The van der Waals surface area contributed by atoms with Crippen LogP contribution >= 0.6 is 0 Å². The zero-order chi connectivity index (χ0) is 18.0. The van der Waals surface area contributed by atoms with E-state index in [4.69, 9.17) is 15.3 Å². The summed E-state index contributed by atoms with van der Waals surface area (Å²) >= 11 is 0. The summed E-state index contributed by atoms with van der Waals surface area (Å²) in [6.45, 7) is 2.37. The average molecular weight is 366 g/mol. The van der Waals surface area contributed by atoms with Gasteiger partial charge in [-0.15, -0.1) is 0 Å². The molecule has 1 aliphatic rings. The van der Waals surface area contributed by atoms with Crippen LogP contribution in [0.2, 0.25) is 0 Å². The van der Waals surface area contributed by atoms with Crippen LogP contribution in [0.1, 0.15) is 23.4 Å². The predicted molar refractivity (Wildman–Crippen MR) is 81.5 cm³/mol. The van der Waals surface area contributed by atoms with Crippen molar-refractivity contribution >= 4 is 15.7 Å². The molecule has 0 saturated carbocycles. The fraction of sp³-hybridized carbons (Fsp3) is 0.538. The highest BCUT2D eigenvalue weighted by molar-refractivity contribution is 7.93. The van der Waals surface area contributed by atoms with E-state index in [9.17, 15) is 17.4 Å². The van der Waals surface area contributed by atoms with Crippen LogP contribution < -0.4 is 5.73 Å².